The Hall–Kier alpha value is -1.10. The third-order valence-corrected chi connectivity index (χ3v) is 2.64. The Kier molecular flexibility index (Phi) is 4.93. The highest BCUT2D eigenvalue weighted by Gasteiger charge is 2.34. The van der Waals surface area contributed by atoms with E-state index in [9.17, 15) is 5.11 Å². The average molecular weight is 240 g/mol. The van der Waals surface area contributed by atoms with Crippen LogP contribution in [0.5, 0.6) is 5.75 Å². The van der Waals surface area contributed by atoms with Crippen LogP contribution in [0.2, 0.25) is 0 Å². The van der Waals surface area contributed by atoms with Crippen molar-refractivity contribution in [3.63, 3.8) is 0 Å². The second kappa shape index (κ2) is 6.00. The first kappa shape index (κ1) is 14.0. The van der Waals surface area contributed by atoms with Crippen LogP contribution in [-0.2, 0) is 15.1 Å². The molecule has 0 aliphatic rings. The molecule has 17 heavy (non-hydrogen) atoms. The van der Waals surface area contributed by atoms with Gasteiger partial charge in [-0.05, 0) is 31.5 Å². The van der Waals surface area contributed by atoms with Crippen LogP contribution in [-0.4, -0.2) is 32.2 Å². The fourth-order valence-electron chi connectivity index (χ4n) is 1.75. The van der Waals surface area contributed by atoms with E-state index in [2.05, 4.69) is 0 Å². The maximum absolute atomic E-state index is 10.4. The molecule has 1 rings (SSSR count). The summed E-state index contributed by atoms with van der Waals surface area (Å²) in [7, 11) is 2.99. The third kappa shape index (κ3) is 3.19. The van der Waals surface area contributed by atoms with E-state index in [0.29, 0.717) is 6.61 Å². The zero-order chi connectivity index (χ0) is 12.9. The molecule has 0 heterocycles. The Labute approximate surface area is 102 Å². The molecule has 1 N–H and O–H groups in total. The topological polar surface area (TPSA) is 47.9 Å². The molecule has 0 aliphatic carbocycles. The first-order valence-corrected chi connectivity index (χ1v) is 5.57. The molecular weight excluding hydrogens is 220 g/mol. The molecule has 0 amide bonds. The molecule has 0 fully saturated rings. The highest BCUT2D eigenvalue weighted by atomic mass is 16.7. The third-order valence-electron chi connectivity index (χ3n) is 2.64. The maximum Gasteiger partial charge on any atom is 0.189 e. The normalized spacial score (nSPS) is 14.7. The lowest BCUT2D eigenvalue weighted by molar-refractivity contribution is -0.213. The van der Waals surface area contributed by atoms with Crippen molar-refractivity contribution in [2.75, 3.05) is 20.8 Å². The van der Waals surface area contributed by atoms with Gasteiger partial charge < -0.3 is 19.3 Å². The van der Waals surface area contributed by atoms with Crippen LogP contribution in [0.4, 0.5) is 0 Å². The van der Waals surface area contributed by atoms with Crippen molar-refractivity contribution in [3.05, 3.63) is 29.8 Å². The van der Waals surface area contributed by atoms with Crippen molar-refractivity contribution >= 4 is 0 Å². The van der Waals surface area contributed by atoms with Gasteiger partial charge in [0.05, 0.1) is 6.61 Å². The molecular formula is C13H20O4. The lowest BCUT2D eigenvalue weighted by Gasteiger charge is -2.30. The zero-order valence-corrected chi connectivity index (χ0v) is 10.8. The van der Waals surface area contributed by atoms with E-state index >= 15 is 0 Å². The van der Waals surface area contributed by atoms with E-state index in [1.165, 1.54) is 14.2 Å². The summed E-state index contributed by atoms with van der Waals surface area (Å²) in [5, 5.41) is 10.4. The number of hydrogen-bond acceptors (Lipinski definition) is 4. The van der Waals surface area contributed by atoms with Crippen LogP contribution in [0.25, 0.3) is 0 Å². The van der Waals surface area contributed by atoms with Crippen molar-refractivity contribution in [1.82, 2.24) is 0 Å². The summed E-state index contributed by atoms with van der Waals surface area (Å²) in [6.07, 6.45) is -0.708. The number of aliphatic hydroxyl groups is 1. The van der Waals surface area contributed by atoms with E-state index < -0.39 is 11.9 Å². The number of methoxy groups -OCH3 is 2. The first-order chi connectivity index (χ1) is 8.06. The number of benzene rings is 1. The minimum absolute atomic E-state index is 0.620. The van der Waals surface area contributed by atoms with Gasteiger partial charge in [-0.3, -0.25) is 0 Å². The van der Waals surface area contributed by atoms with Crippen LogP contribution in [0.15, 0.2) is 24.3 Å². The predicted molar refractivity (Wildman–Crippen MR) is 65.0 cm³/mol. The first-order valence-electron chi connectivity index (χ1n) is 5.57. The quantitative estimate of drug-likeness (QED) is 0.772. The smallest absolute Gasteiger partial charge is 0.189 e. The van der Waals surface area contributed by atoms with Gasteiger partial charge in [0.2, 0.25) is 0 Å². The molecule has 0 saturated heterocycles. The Balaban J connectivity index is 2.90. The van der Waals surface area contributed by atoms with Crippen LogP contribution in [0.1, 0.15) is 19.4 Å². The number of hydrogen-bond donors (Lipinski definition) is 1. The van der Waals surface area contributed by atoms with Gasteiger partial charge in [0, 0.05) is 14.2 Å². The lowest BCUT2D eigenvalue weighted by Crippen LogP contribution is -2.39. The monoisotopic (exact) mass is 240 g/mol. The largest absolute Gasteiger partial charge is 0.494 e. The zero-order valence-electron chi connectivity index (χ0n) is 10.8. The SMILES string of the molecule is CCOc1ccc(C(C)(O)C(OC)OC)cc1. The van der Waals surface area contributed by atoms with Gasteiger partial charge in [0.25, 0.3) is 0 Å². The molecule has 0 radical (unpaired) electrons. The van der Waals surface area contributed by atoms with Crippen LogP contribution >= 0.6 is 0 Å². The molecule has 4 heteroatoms. The van der Waals surface area contributed by atoms with E-state index in [4.69, 9.17) is 14.2 Å². The van der Waals surface area contributed by atoms with Gasteiger partial charge in [0.1, 0.15) is 11.4 Å². The minimum Gasteiger partial charge on any atom is -0.494 e. The summed E-state index contributed by atoms with van der Waals surface area (Å²) in [4.78, 5) is 0. The molecule has 0 aromatic heterocycles. The summed E-state index contributed by atoms with van der Waals surface area (Å²) in [6.45, 7) is 4.20. The molecule has 0 spiro atoms. The highest BCUT2D eigenvalue weighted by Crippen LogP contribution is 2.28. The second-order valence-corrected chi connectivity index (χ2v) is 3.91. The maximum atomic E-state index is 10.4. The van der Waals surface area contributed by atoms with E-state index in [1.54, 1.807) is 19.1 Å². The molecule has 4 nitrogen and oxygen atoms in total. The van der Waals surface area contributed by atoms with Crippen molar-refractivity contribution in [2.24, 2.45) is 0 Å². The predicted octanol–water partition coefficient (Wildman–Crippen LogP) is 1.91. The Morgan fingerprint density at radius 2 is 1.71 bits per heavy atom. The van der Waals surface area contributed by atoms with Gasteiger partial charge in [-0.25, -0.2) is 0 Å². The molecule has 1 aromatic rings. The molecule has 1 unspecified atom stereocenters. The minimum atomic E-state index is -1.20. The standard InChI is InChI=1S/C13H20O4/c1-5-17-11-8-6-10(7-9-11)13(2,14)12(15-3)16-4/h6-9,12,14H,5H2,1-4H3. The summed E-state index contributed by atoms with van der Waals surface area (Å²) in [6, 6.07) is 7.23. The van der Waals surface area contributed by atoms with Gasteiger partial charge >= 0.3 is 0 Å². The lowest BCUT2D eigenvalue weighted by atomic mass is 9.95. The molecule has 1 atom stereocenters. The van der Waals surface area contributed by atoms with Crippen molar-refractivity contribution in [1.29, 1.82) is 0 Å². The van der Waals surface area contributed by atoms with E-state index in [-0.39, 0.29) is 0 Å². The molecule has 0 saturated carbocycles. The van der Waals surface area contributed by atoms with Crippen LogP contribution < -0.4 is 4.74 Å². The molecule has 96 valence electrons. The summed E-state index contributed by atoms with van der Waals surface area (Å²) in [5.74, 6) is 0.776. The van der Waals surface area contributed by atoms with E-state index in [0.717, 1.165) is 11.3 Å². The van der Waals surface area contributed by atoms with Crippen molar-refractivity contribution < 1.29 is 19.3 Å². The van der Waals surface area contributed by atoms with Gasteiger partial charge in [-0.1, -0.05) is 12.1 Å². The summed E-state index contributed by atoms with van der Waals surface area (Å²) in [5.41, 5.74) is -0.483. The fraction of sp³-hybridized carbons (Fsp3) is 0.538. The summed E-state index contributed by atoms with van der Waals surface area (Å²) < 4.78 is 15.5. The van der Waals surface area contributed by atoms with E-state index in [1.807, 2.05) is 19.1 Å². The Morgan fingerprint density at radius 3 is 2.12 bits per heavy atom. The number of ether oxygens (including phenoxy) is 3. The Morgan fingerprint density at radius 1 is 1.18 bits per heavy atom. The number of rotatable bonds is 6. The van der Waals surface area contributed by atoms with Crippen molar-refractivity contribution in [2.45, 2.75) is 25.7 Å². The van der Waals surface area contributed by atoms with Crippen molar-refractivity contribution in [3.8, 4) is 5.75 Å². The van der Waals surface area contributed by atoms with Gasteiger partial charge in [0.15, 0.2) is 6.29 Å². The second-order valence-electron chi connectivity index (χ2n) is 3.91. The average Bonchev–Trinajstić information content (AvgIpc) is 2.31. The molecule has 1 aromatic carbocycles. The Bertz CT molecular complexity index is 328. The summed E-state index contributed by atoms with van der Waals surface area (Å²) >= 11 is 0. The van der Waals surface area contributed by atoms with Gasteiger partial charge in [-0.15, -0.1) is 0 Å². The molecule has 0 aliphatic heterocycles. The molecule has 0 bridgehead atoms. The fourth-order valence-corrected chi connectivity index (χ4v) is 1.75. The van der Waals surface area contributed by atoms with Gasteiger partial charge in [-0.2, -0.15) is 0 Å². The van der Waals surface area contributed by atoms with Crippen LogP contribution in [0, 0.1) is 0 Å². The van der Waals surface area contributed by atoms with Crippen LogP contribution in [0.3, 0.4) is 0 Å². The highest BCUT2D eigenvalue weighted by molar-refractivity contribution is 5.30.